The zero-order valence-electron chi connectivity index (χ0n) is 13.9. The summed E-state index contributed by atoms with van der Waals surface area (Å²) in [7, 11) is 0. The Labute approximate surface area is 138 Å². The minimum Gasteiger partial charge on any atom is -0.369 e. The van der Waals surface area contributed by atoms with Gasteiger partial charge in [-0.1, -0.05) is 6.42 Å². The van der Waals surface area contributed by atoms with Gasteiger partial charge in [0.05, 0.1) is 19.3 Å². The Morgan fingerprint density at radius 3 is 2.70 bits per heavy atom. The molecular weight excluding hydrogens is 296 g/mol. The number of amides is 1. The highest BCUT2D eigenvalue weighted by Gasteiger charge is 2.33. The molecule has 3 N–H and O–H groups in total. The second kappa shape index (κ2) is 8.39. The lowest BCUT2D eigenvalue weighted by Crippen LogP contribution is -2.55. The lowest BCUT2D eigenvalue weighted by Gasteiger charge is -2.41. The van der Waals surface area contributed by atoms with Crippen LogP contribution >= 0.6 is 0 Å². The molecule has 23 heavy (non-hydrogen) atoms. The van der Waals surface area contributed by atoms with E-state index < -0.39 is 0 Å². The largest absolute Gasteiger partial charge is 0.369 e. The first kappa shape index (κ1) is 17.1. The second-order valence-corrected chi connectivity index (χ2v) is 7.07. The van der Waals surface area contributed by atoms with Gasteiger partial charge in [-0.3, -0.25) is 14.5 Å². The van der Waals surface area contributed by atoms with Gasteiger partial charge in [0.2, 0.25) is 5.91 Å². The monoisotopic (exact) mass is 326 g/mol. The van der Waals surface area contributed by atoms with E-state index in [0.29, 0.717) is 19.1 Å². The van der Waals surface area contributed by atoms with Gasteiger partial charge in [-0.15, -0.1) is 0 Å². The van der Waals surface area contributed by atoms with Crippen LogP contribution in [-0.4, -0.2) is 73.9 Å². The number of rotatable bonds is 5. The maximum atomic E-state index is 11.1. The first-order valence-corrected chi connectivity index (χ1v) is 8.96. The van der Waals surface area contributed by atoms with Gasteiger partial charge < -0.3 is 15.4 Å². The third-order valence-corrected chi connectivity index (χ3v) is 5.07. The molecule has 1 amide bonds. The molecular formula is C16H30N4O3. The van der Waals surface area contributed by atoms with Gasteiger partial charge >= 0.3 is 0 Å². The molecule has 132 valence electrons. The Kier molecular flexibility index (Phi) is 6.24. The molecule has 7 heteroatoms. The van der Waals surface area contributed by atoms with Gasteiger partial charge in [-0.2, -0.15) is 5.48 Å². The maximum Gasteiger partial charge on any atom is 0.231 e. The predicted octanol–water partition coefficient (Wildman–Crippen LogP) is -0.0843. The molecule has 3 unspecified atom stereocenters. The van der Waals surface area contributed by atoms with E-state index in [0.717, 1.165) is 32.5 Å². The summed E-state index contributed by atoms with van der Waals surface area (Å²) >= 11 is 0. The van der Waals surface area contributed by atoms with Crippen molar-refractivity contribution in [3.63, 3.8) is 0 Å². The van der Waals surface area contributed by atoms with Crippen molar-refractivity contribution in [2.24, 2.45) is 11.7 Å². The quantitative estimate of drug-likeness (QED) is 0.735. The van der Waals surface area contributed by atoms with E-state index >= 15 is 0 Å². The van der Waals surface area contributed by atoms with Crippen molar-refractivity contribution in [2.75, 3.05) is 45.9 Å². The highest BCUT2D eigenvalue weighted by Crippen LogP contribution is 2.23. The van der Waals surface area contributed by atoms with Crippen LogP contribution in [0, 0.1) is 5.92 Å². The summed E-state index contributed by atoms with van der Waals surface area (Å²) in [6.45, 7) is 6.01. The number of hydrogen-bond acceptors (Lipinski definition) is 6. The zero-order valence-corrected chi connectivity index (χ0v) is 13.9. The Hall–Kier alpha value is -0.730. The third kappa shape index (κ3) is 5.12. The minimum absolute atomic E-state index is 0.0887. The molecule has 0 radical (unpaired) electrons. The molecule has 0 bridgehead atoms. The molecule has 7 nitrogen and oxygen atoms in total. The molecule has 3 atom stereocenters. The van der Waals surface area contributed by atoms with E-state index in [9.17, 15) is 4.79 Å². The van der Waals surface area contributed by atoms with E-state index in [1.165, 1.54) is 32.4 Å². The van der Waals surface area contributed by atoms with E-state index in [2.05, 4.69) is 15.3 Å². The van der Waals surface area contributed by atoms with Crippen LogP contribution in [0.1, 0.15) is 32.1 Å². The summed E-state index contributed by atoms with van der Waals surface area (Å²) in [6, 6.07) is 0. The van der Waals surface area contributed by atoms with Gasteiger partial charge in [-0.25, -0.2) is 0 Å². The van der Waals surface area contributed by atoms with Crippen LogP contribution in [0.25, 0.3) is 0 Å². The Bertz CT molecular complexity index is 390. The van der Waals surface area contributed by atoms with E-state index in [-0.39, 0.29) is 18.2 Å². The number of hydrogen-bond donors (Lipinski definition) is 2. The van der Waals surface area contributed by atoms with E-state index in [1.54, 1.807) is 0 Å². The number of nitrogens with two attached hydrogens (primary N) is 1. The van der Waals surface area contributed by atoms with Crippen LogP contribution in [0.4, 0.5) is 0 Å². The number of carbonyl (C=O) groups is 1. The predicted molar refractivity (Wildman–Crippen MR) is 86.4 cm³/mol. The van der Waals surface area contributed by atoms with Crippen LogP contribution in [0.5, 0.6) is 0 Å². The Morgan fingerprint density at radius 1 is 1.13 bits per heavy atom. The fourth-order valence-electron chi connectivity index (χ4n) is 3.93. The summed E-state index contributed by atoms with van der Waals surface area (Å²) < 4.78 is 6.26. The van der Waals surface area contributed by atoms with Gasteiger partial charge in [0.25, 0.3) is 0 Å². The molecule has 3 rings (SSSR count). The van der Waals surface area contributed by atoms with Crippen molar-refractivity contribution in [1.29, 1.82) is 0 Å². The third-order valence-electron chi connectivity index (χ3n) is 5.07. The summed E-state index contributed by atoms with van der Waals surface area (Å²) in [5.41, 5.74) is 8.36. The van der Waals surface area contributed by atoms with Crippen LogP contribution in [0.2, 0.25) is 0 Å². The molecule has 3 heterocycles. The standard InChI is InChI=1S/C16H30N4O3/c17-15(21)11-20-8-4-5-13(9-20)16-18-22-12-14(23-16)10-19-6-2-1-3-7-19/h13-14,16,18H,1-12H2,(H2,17,21). The normalized spacial score (nSPS) is 34.3. The van der Waals surface area contributed by atoms with Crippen molar-refractivity contribution in [1.82, 2.24) is 15.3 Å². The number of piperidine rings is 2. The molecule has 3 aliphatic rings. The van der Waals surface area contributed by atoms with Gasteiger partial charge in [0.1, 0.15) is 6.23 Å². The highest BCUT2D eigenvalue weighted by molar-refractivity contribution is 5.75. The minimum atomic E-state index is -0.262. The Balaban J connectivity index is 1.48. The number of hydroxylamine groups is 1. The SMILES string of the molecule is NC(=O)CN1CCCC(C2NOCC(CN3CCCCC3)O2)C1. The van der Waals surface area contributed by atoms with Crippen molar-refractivity contribution in [2.45, 2.75) is 44.4 Å². The van der Waals surface area contributed by atoms with Crippen molar-refractivity contribution >= 4 is 5.91 Å². The van der Waals surface area contributed by atoms with Gasteiger partial charge in [0.15, 0.2) is 0 Å². The van der Waals surface area contributed by atoms with Crippen molar-refractivity contribution in [3.05, 3.63) is 0 Å². The smallest absolute Gasteiger partial charge is 0.231 e. The number of primary amides is 1. The highest BCUT2D eigenvalue weighted by atomic mass is 16.7. The number of ether oxygens (including phenoxy) is 1. The fourth-order valence-corrected chi connectivity index (χ4v) is 3.93. The van der Waals surface area contributed by atoms with Crippen LogP contribution < -0.4 is 11.2 Å². The first-order chi connectivity index (χ1) is 11.2. The lowest BCUT2D eigenvalue weighted by molar-refractivity contribution is -0.221. The molecule has 3 saturated heterocycles. The topological polar surface area (TPSA) is 80.1 Å². The van der Waals surface area contributed by atoms with E-state index in [1.807, 2.05) is 0 Å². The van der Waals surface area contributed by atoms with Crippen LogP contribution in [0.3, 0.4) is 0 Å². The molecule has 0 aromatic heterocycles. The summed E-state index contributed by atoms with van der Waals surface area (Å²) in [6.07, 6.45) is 6.13. The summed E-state index contributed by atoms with van der Waals surface area (Å²) in [5, 5.41) is 0. The number of carbonyl (C=O) groups excluding carboxylic acids is 1. The average Bonchev–Trinajstić information content (AvgIpc) is 2.56. The molecule has 0 aromatic rings. The molecule has 3 aliphatic heterocycles. The first-order valence-electron chi connectivity index (χ1n) is 8.96. The maximum absolute atomic E-state index is 11.1. The summed E-state index contributed by atoms with van der Waals surface area (Å²) in [4.78, 5) is 21.3. The number of nitrogens with zero attached hydrogens (tertiary/aromatic N) is 2. The zero-order chi connectivity index (χ0) is 16.1. The van der Waals surface area contributed by atoms with Crippen LogP contribution in [-0.2, 0) is 14.4 Å². The fraction of sp³-hybridized carbons (Fsp3) is 0.938. The Morgan fingerprint density at radius 2 is 1.91 bits per heavy atom. The van der Waals surface area contributed by atoms with Gasteiger partial charge in [0, 0.05) is 19.0 Å². The van der Waals surface area contributed by atoms with Gasteiger partial charge in [-0.05, 0) is 45.3 Å². The lowest BCUT2D eigenvalue weighted by atomic mass is 9.96. The van der Waals surface area contributed by atoms with Crippen molar-refractivity contribution < 1.29 is 14.4 Å². The molecule has 0 aromatic carbocycles. The van der Waals surface area contributed by atoms with E-state index in [4.69, 9.17) is 15.3 Å². The molecule has 0 spiro atoms. The van der Waals surface area contributed by atoms with Crippen molar-refractivity contribution in [3.8, 4) is 0 Å². The molecule has 0 saturated carbocycles. The summed E-state index contributed by atoms with van der Waals surface area (Å²) in [5.74, 6) is 0.0784. The number of likely N-dealkylation sites (tertiary alicyclic amines) is 2. The average molecular weight is 326 g/mol. The number of nitrogens with one attached hydrogen (secondary N) is 1. The van der Waals surface area contributed by atoms with Crippen LogP contribution in [0.15, 0.2) is 0 Å². The second-order valence-electron chi connectivity index (χ2n) is 7.07. The molecule has 0 aliphatic carbocycles. The molecule has 3 fully saturated rings.